The first-order valence-electron chi connectivity index (χ1n) is 14.5. The summed E-state index contributed by atoms with van der Waals surface area (Å²) in [6.07, 6.45) is 0. The molecule has 9 rings (SSSR count). The van der Waals surface area contributed by atoms with E-state index < -0.39 is 0 Å². The van der Waals surface area contributed by atoms with Crippen LogP contribution in [0.15, 0.2) is 150 Å². The maximum Gasteiger partial charge on any atom is 0.160 e. The van der Waals surface area contributed by atoms with E-state index in [0.717, 1.165) is 66.2 Å². The summed E-state index contributed by atoms with van der Waals surface area (Å²) in [5, 5.41) is 8.06. The third-order valence-corrected chi connectivity index (χ3v) is 8.44. The summed E-state index contributed by atoms with van der Waals surface area (Å²) < 4.78 is 6.18. The predicted octanol–water partition coefficient (Wildman–Crippen LogP) is 10.8. The molecule has 0 unspecified atom stereocenters. The Hall–Kier alpha value is -5.80. The minimum absolute atomic E-state index is 0.716. The molecular formula is C40H24N2O. The van der Waals surface area contributed by atoms with Gasteiger partial charge in [-0.3, -0.25) is 0 Å². The van der Waals surface area contributed by atoms with Gasteiger partial charge in [0.2, 0.25) is 0 Å². The molecular weight excluding hydrogens is 524 g/mol. The van der Waals surface area contributed by atoms with E-state index in [0.29, 0.717) is 5.82 Å². The molecule has 43 heavy (non-hydrogen) atoms. The monoisotopic (exact) mass is 548 g/mol. The highest BCUT2D eigenvalue weighted by molar-refractivity contribution is 6.10. The van der Waals surface area contributed by atoms with E-state index in [1.54, 1.807) is 0 Å². The van der Waals surface area contributed by atoms with Gasteiger partial charge in [-0.25, -0.2) is 9.97 Å². The molecule has 7 aromatic carbocycles. The van der Waals surface area contributed by atoms with Gasteiger partial charge in [0.05, 0.1) is 11.2 Å². The fraction of sp³-hybridized carbons (Fsp3) is 0. The number of benzene rings is 7. The maximum atomic E-state index is 6.18. The molecule has 0 fully saturated rings. The zero-order valence-electron chi connectivity index (χ0n) is 23.2. The Labute approximate surface area is 247 Å². The Morgan fingerprint density at radius 1 is 0.395 bits per heavy atom. The highest BCUT2D eigenvalue weighted by Crippen LogP contribution is 2.36. The molecule has 0 aliphatic heterocycles. The second-order valence-electron chi connectivity index (χ2n) is 11.0. The summed E-state index contributed by atoms with van der Waals surface area (Å²) in [5.74, 6) is 0.716. The number of hydrogen-bond acceptors (Lipinski definition) is 3. The van der Waals surface area contributed by atoms with Gasteiger partial charge in [-0.1, -0.05) is 109 Å². The van der Waals surface area contributed by atoms with Crippen LogP contribution in [0.2, 0.25) is 0 Å². The summed E-state index contributed by atoms with van der Waals surface area (Å²) in [6, 6.07) is 50.9. The number of nitrogens with zero attached hydrogens (tertiary/aromatic N) is 2. The molecule has 2 heterocycles. The number of furan rings is 1. The third kappa shape index (κ3) is 3.90. The molecule has 0 aliphatic carbocycles. The molecule has 200 valence electrons. The van der Waals surface area contributed by atoms with Crippen molar-refractivity contribution >= 4 is 54.4 Å². The van der Waals surface area contributed by atoms with Crippen LogP contribution in [0.5, 0.6) is 0 Å². The van der Waals surface area contributed by atoms with Crippen LogP contribution in [0.3, 0.4) is 0 Å². The van der Waals surface area contributed by atoms with Crippen molar-refractivity contribution in [2.75, 3.05) is 0 Å². The van der Waals surface area contributed by atoms with Crippen molar-refractivity contribution in [3.63, 3.8) is 0 Å². The first-order valence-corrected chi connectivity index (χ1v) is 14.5. The second kappa shape index (κ2) is 9.37. The Morgan fingerprint density at radius 2 is 1.14 bits per heavy atom. The quantitative estimate of drug-likeness (QED) is 0.220. The SMILES string of the molecule is c1cc(-c2ccc3cc4c(cc3c2)oc2ccccc24)cc(-c2nc(-c3cccc4ccccc34)c3ccccc3n2)c1. The second-order valence-corrected chi connectivity index (χ2v) is 11.0. The van der Waals surface area contributed by atoms with Gasteiger partial charge in [0.15, 0.2) is 5.82 Å². The smallest absolute Gasteiger partial charge is 0.160 e. The number of aromatic nitrogens is 2. The molecule has 0 radical (unpaired) electrons. The minimum atomic E-state index is 0.716. The van der Waals surface area contributed by atoms with Gasteiger partial charge in [0.1, 0.15) is 11.2 Å². The van der Waals surface area contributed by atoms with Crippen LogP contribution in [0, 0.1) is 0 Å². The average molecular weight is 549 g/mol. The molecule has 0 bridgehead atoms. The fourth-order valence-corrected chi connectivity index (χ4v) is 6.33. The first-order chi connectivity index (χ1) is 21.3. The van der Waals surface area contributed by atoms with Crippen LogP contribution in [0.1, 0.15) is 0 Å². The lowest BCUT2D eigenvalue weighted by Crippen LogP contribution is -1.96. The lowest BCUT2D eigenvalue weighted by molar-refractivity contribution is 0.669. The van der Waals surface area contributed by atoms with Crippen LogP contribution < -0.4 is 0 Å². The fourth-order valence-electron chi connectivity index (χ4n) is 6.33. The van der Waals surface area contributed by atoms with Crippen LogP contribution in [0.25, 0.3) is 88.2 Å². The summed E-state index contributed by atoms with van der Waals surface area (Å²) in [5.41, 5.74) is 8.06. The average Bonchev–Trinajstić information content (AvgIpc) is 3.43. The number of fused-ring (bicyclic) bond motifs is 6. The molecule has 0 saturated carbocycles. The van der Waals surface area contributed by atoms with Gasteiger partial charge in [0.25, 0.3) is 0 Å². The zero-order chi connectivity index (χ0) is 28.3. The molecule has 0 aliphatic rings. The molecule has 0 N–H and O–H groups in total. The molecule has 0 saturated heterocycles. The summed E-state index contributed by atoms with van der Waals surface area (Å²) in [4.78, 5) is 10.2. The lowest BCUT2D eigenvalue weighted by atomic mass is 9.97. The standard InChI is InChI=1S/C40H24N2O/c1-2-13-31-25(9-1)10-8-16-33(31)39-34-15-3-5-17-36(34)41-40(42-39)29-12-7-11-26(21-29)27-19-20-28-23-35-32-14-4-6-18-37(32)43-38(35)24-30(28)22-27/h1-24H. The van der Waals surface area contributed by atoms with Gasteiger partial charge in [0, 0.05) is 27.3 Å². The van der Waals surface area contributed by atoms with E-state index in [9.17, 15) is 0 Å². The maximum absolute atomic E-state index is 6.18. The highest BCUT2D eigenvalue weighted by atomic mass is 16.3. The number of hydrogen-bond donors (Lipinski definition) is 0. The number of rotatable bonds is 3. The van der Waals surface area contributed by atoms with Gasteiger partial charge in [-0.2, -0.15) is 0 Å². The summed E-state index contributed by atoms with van der Waals surface area (Å²) >= 11 is 0. The van der Waals surface area contributed by atoms with Crippen LogP contribution in [-0.2, 0) is 0 Å². The topological polar surface area (TPSA) is 38.9 Å². The minimum Gasteiger partial charge on any atom is -0.456 e. The predicted molar refractivity (Wildman–Crippen MR) is 178 cm³/mol. The van der Waals surface area contributed by atoms with E-state index in [4.69, 9.17) is 14.4 Å². The van der Waals surface area contributed by atoms with E-state index in [1.807, 2.05) is 18.2 Å². The van der Waals surface area contributed by atoms with Gasteiger partial charge in [-0.15, -0.1) is 0 Å². The molecule has 2 aromatic heterocycles. The van der Waals surface area contributed by atoms with Gasteiger partial charge in [-0.05, 0) is 69.1 Å². The first kappa shape index (κ1) is 23.9. The number of para-hydroxylation sites is 2. The Bertz CT molecular complexity index is 2520. The zero-order valence-corrected chi connectivity index (χ0v) is 23.2. The van der Waals surface area contributed by atoms with Crippen LogP contribution in [-0.4, -0.2) is 9.97 Å². The summed E-state index contributed by atoms with van der Waals surface area (Å²) in [6.45, 7) is 0. The Morgan fingerprint density at radius 3 is 2.09 bits per heavy atom. The van der Waals surface area contributed by atoms with Crippen LogP contribution >= 0.6 is 0 Å². The van der Waals surface area contributed by atoms with Gasteiger partial charge < -0.3 is 4.42 Å². The molecule has 0 amide bonds. The Balaban J connectivity index is 1.18. The normalized spacial score (nSPS) is 11.7. The molecule has 9 aromatic rings. The van der Waals surface area contributed by atoms with Crippen molar-refractivity contribution < 1.29 is 4.42 Å². The highest BCUT2D eigenvalue weighted by Gasteiger charge is 2.14. The van der Waals surface area contributed by atoms with E-state index in [2.05, 4.69) is 127 Å². The molecule has 0 atom stereocenters. The van der Waals surface area contributed by atoms with E-state index in [-0.39, 0.29) is 0 Å². The molecule has 3 heteroatoms. The summed E-state index contributed by atoms with van der Waals surface area (Å²) in [7, 11) is 0. The van der Waals surface area contributed by atoms with Crippen molar-refractivity contribution in [3.05, 3.63) is 146 Å². The lowest BCUT2D eigenvalue weighted by Gasteiger charge is -2.12. The van der Waals surface area contributed by atoms with Crippen LogP contribution in [0.4, 0.5) is 0 Å². The van der Waals surface area contributed by atoms with Crippen molar-refractivity contribution in [2.45, 2.75) is 0 Å². The largest absolute Gasteiger partial charge is 0.456 e. The van der Waals surface area contributed by atoms with Crippen molar-refractivity contribution in [1.82, 2.24) is 9.97 Å². The molecule has 3 nitrogen and oxygen atoms in total. The molecule has 0 spiro atoms. The third-order valence-electron chi connectivity index (χ3n) is 8.44. The van der Waals surface area contributed by atoms with Gasteiger partial charge >= 0.3 is 0 Å². The van der Waals surface area contributed by atoms with Crippen molar-refractivity contribution in [1.29, 1.82) is 0 Å². The van der Waals surface area contributed by atoms with Crippen molar-refractivity contribution in [3.8, 4) is 33.8 Å². The van der Waals surface area contributed by atoms with Crippen molar-refractivity contribution in [2.24, 2.45) is 0 Å². The van der Waals surface area contributed by atoms with E-state index >= 15 is 0 Å². The Kier molecular flexibility index (Phi) is 5.20. The van der Waals surface area contributed by atoms with E-state index in [1.165, 1.54) is 16.2 Å².